The number of nitrogens with one attached hydrogen (secondary N) is 1. The van der Waals surface area contributed by atoms with Crippen molar-refractivity contribution >= 4 is 22.9 Å². The van der Waals surface area contributed by atoms with E-state index in [1.54, 1.807) is 0 Å². The Morgan fingerprint density at radius 3 is 2.33 bits per heavy atom. The van der Waals surface area contributed by atoms with Gasteiger partial charge < -0.3 is 0 Å². The van der Waals surface area contributed by atoms with E-state index in [1.807, 2.05) is 0 Å². The second kappa shape index (κ2) is 3.20. The standard InChI is InChI=1S/C13H16IN/c1-12(5-6-12)10-3-2-4-11(9-10)13(15-14)7-8-13/h2-4,9,15H,5-8H2,1H3. The molecule has 0 aliphatic heterocycles. The highest BCUT2D eigenvalue weighted by molar-refractivity contribution is 14.1. The first-order valence-corrected chi connectivity index (χ1v) is 6.75. The minimum absolute atomic E-state index is 0.307. The van der Waals surface area contributed by atoms with Gasteiger partial charge in [0.15, 0.2) is 0 Å². The lowest BCUT2D eigenvalue weighted by Crippen LogP contribution is -2.19. The molecule has 2 heteroatoms. The molecule has 1 nitrogen and oxygen atoms in total. The van der Waals surface area contributed by atoms with E-state index < -0.39 is 0 Å². The molecule has 0 heterocycles. The first-order valence-electron chi connectivity index (χ1n) is 5.67. The van der Waals surface area contributed by atoms with E-state index in [0.29, 0.717) is 11.0 Å². The van der Waals surface area contributed by atoms with Crippen LogP contribution < -0.4 is 3.53 Å². The third kappa shape index (κ3) is 1.62. The molecular formula is C13H16IN. The summed E-state index contributed by atoms with van der Waals surface area (Å²) in [4.78, 5) is 0. The Morgan fingerprint density at radius 2 is 1.80 bits per heavy atom. The van der Waals surface area contributed by atoms with Crippen LogP contribution in [0.5, 0.6) is 0 Å². The van der Waals surface area contributed by atoms with Crippen molar-refractivity contribution in [2.24, 2.45) is 0 Å². The molecule has 2 aliphatic rings. The van der Waals surface area contributed by atoms with Gasteiger partial charge in [-0.3, -0.25) is 3.53 Å². The highest BCUT2D eigenvalue weighted by Crippen LogP contribution is 2.51. The van der Waals surface area contributed by atoms with Gasteiger partial charge in [0, 0.05) is 22.9 Å². The van der Waals surface area contributed by atoms with Crippen molar-refractivity contribution in [1.29, 1.82) is 0 Å². The van der Waals surface area contributed by atoms with Crippen LogP contribution in [0.4, 0.5) is 0 Å². The lowest BCUT2D eigenvalue weighted by atomic mass is 9.94. The average molecular weight is 313 g/mol. The van der Waals surface area contributed by atoms with Gasteiger partial charge in [-0.25, -0.2) is 0 Å². The molecule has 1 N–H and O–H groups in total. The molecule has 0 atom stereocenters. The van der Waals surface area contributed by atoms with E-state index >= 15 is 0 Å². The van der Waals surface area contributed by atoms with Crippen molar-refractivity contribution in [3.63, 3.8) is 0 Å². The zero-order chi connectivity index (χ0) is 10.5. The van der Waals surface area contributed by atoms with Crippen LogP contribution in [0, 0.1) is 0 Å². The SMILES string of the molecule is CC1(c2cccc(C3(NI)CC3)c2)CC1. The molecule has 0 radical (unpaired) electrons. The predicted octanol–water partition coefficient (Wildman–Crippen LogP) is 3.67. The molecule has 0 spiro atoms. The Bertz CT molecular complexity index is 391. The molecule has 3 rings (SSSR count). The number of halogens is 1. The summed E-state index contributed by atoms with van der Waals surface area (Å²) in [5.74, 6) is 0. The van der Waals surface area contributed by atoms with Gasteiger partial charge >= 0.3 is 0 Å². The zero-order valence-electron chi connectivity index (χ0n) is 9.02. The Labute approximate surface area is 105 Å². The number of hydrogen-bond acceptors (Lipinski definition) is 1. The molecule has 2 saturated carbocycles. The zero-order valence-corrected chi connectivity index (χ0v) is 11.2. The Kier molecular flexibility index (Phi) is 2.15. The van der Waals surface area contributed by atoms with Crippen molar-refractivity contribution in [2.75, 3.05) is 0 Å². The smallest absolute Gasteiger partial charge is 0.0525 e. The summed E-state index contributed by atoms with van der Waals surface area (Å²) >= 11 is 2.29. The summed E-state index contributed by atoms with van der Waals surface area (Å²) in [5.41, 5.74) is 3.83. The molecule has 0 amide bonds. The van der Waals surface area contributed by atoms with Gasteiger partial charge in [0.25, 0.3) is 0 Å². The highest BCUT2D eigenvalue weighted by atomic mass is 127. The fourth-order valence-electron chi connectivity index (χ4n) is 2.23. The maximum Gasteiger partial charge on any atom is 0.0525 e. The van der Waals surface area contributed by atoms with Crippen LogP contribution in [0.1, 0.15) is 43.7 Å². The number of hydrogen-bond donors (Lipinski definition) is 1. The number of benzene rings is 1. The predicted molar refractivity (Wildman–Crippen MR) is 71.1 cm³/mol. The Hall–Kier alpha value is -0.0900. The Morgan fingerprint density at radius 1 is 1.13 bits per heavy atom. The fourth-order valence-corrected chi connectivity index (χ4v) is 3.08. The van der Waals surface area contributed by atoms with Crippen molar-refractivity contribution in [3.8, 4) is 0 Å². The van der Waals surface area contributed by atoms with Gasteiger partial charge in [-0.05, 0) is 42.2 Å². The van der Waals surface area contributed by atoms with Crippen LogP contribution in [0.15, 0.2) is 24.3 Å². The summed E-state index contributed by atoms with van der Waals surface area (Å²) in [6.07, 6.45) is 5.30. The molecular weight excluding hydrogens is 297 g/mol. The Balaban J connectivity index is 1.97. The quantitative estimate of drug-likeness (QED) is 0.663. The lowest BCUT2D eigenvalue weighted by Gasteiger charge is -2.16. The van der Waals surface area contributed by atoms with E-state index in [0.717, 1.165) is 0 Å². The van der Waals surface area contributed by atoms with Gasteiger partial charge in [-0.1, -0.05) is 31.2 Å². The van der Waals surface area contributed by atoms with Crippen molar-refractivity contribution in [1.82, 2.24) is 3.53 Å². The number of rotatable bonds is 3. The first kappa shape index (κ1) is 10.1. The third-order valence-corrected chi connectivity index (χ3v) is 5.08. The van der Waals surface area contributed by atoms with Gasteiger partial charge in [0.05, 0.1) is 5.54 Å². The molecule has 2 fully saturated rings. The van der Waals surface area contributed by atoms with Crippen LogP contribution in [-0.2, 0) is 11.0 Å². The topological polar surface area (TPSA) is 12.0 Å². The minimum Gasteiger partial charge on any atom is -0.251 e. The van der Waals surface area contributed by atoms with Crippen molar-refractivity contribution < 1.29 is 0 Å². The second-order valence-electron chi connectivity index (χ2n) is 5.32. The van der Waals surface area contributed by atoms with E-state index in [1.165, 1.54) is 36.8 Å². The maximum atomic E-state index is 3.44. The largest absolute Gasteiger partial charge is 0.251 e. The van der Waals surface area contributed by atoms with Gasteiger partial charge in [-0.15, -0.1) is 0 Å². The molecule has 1 aromatic rings. The normalized spacial score (nSPS) is 24.9. The molecule has 80 valence electrons. The summed E-state index contributed by atoms with van der Waals surface area (Å²) in [5, 5.41) is 0. The second-order valence-corrected chi connectivity index (χ2v) is 5.86. The summed E-state index contributed by atoms with van der Waals surface area (Å²) < 4.78 is 3.44. The van der Waals surface area contributed by atoms with Crippen LogP contribution in [0.2, 0.25) is 0 Å². The molecule has 2 aliphatic carbocycles. The monoisotopic (exact) mass is 313 g/mol. The van der Waals surface area contributed by atoms with Crippen molar-refractivity contribution in [3.05, 3.63) is 35.4 Å². The lowest BCUT2D eigenvalue weighted by molar-refractivity contribution is 0.693. The molecule has 1 aromatic carbocycles. The van der Waals surface area contributed by atoms with E-state index in [2.05, 4.69) is 57.6 Å². The summed E-state index contributed by atoms with van der Waals surface area (Å²) in [6, 6.07) is 9.21. The fraction of sp³-hybridized carbons (Fsp3) is 0.538. The van der Waals surface area contributed by atoms with Gasteiger partial charge in [-0.2, -0.15) is 0 Å². The molecule has 15 heavy (non-hydrogen) atoms. The molecule has 0 bridgehead atoms. The van der Waals surface area contributed by atoms with Gasteiger partial charge in [0.1, 0.15) is 0 Å². The molecule has 0 aromatic heterocycles. The summed E-state index contributed by atoms with van der Waals surface area (Å²) in [7, 11) is 0. The van der Waals surface area contributed by atoms with Crippen LogP contribution in [0.25, 0.3) is 0 Å². The molecule has 0 saturated heterocycles. The molecule has 0 unspecified atom stereocenters. The van der Waals surface area contributed by atoms with Crippen molar-refractivity contribution in [2.45, 2.75) is 43.6 Å². The average Bonchev–Trinajstić information content (AvgIpc) is 3.15. The minimum atomic E-state index is 0.307. The van der Waals surface area contributed by atoms with Crippen LogP contribution >= 0.6 is 22.9 Å². The highest BCUT2D eigenvalue weighted by Gasteiger charge is 2.45. The first-order chi connectivity index (χ1) is 7.19. The van der Waals surface area contributed by atoms with E-state index in [4.69, 9.17) is 0 Å². The van der Waals surface area contributed by atoms with Crippen LogP contribution in [-0.4, -0.2) is 0 Å². The third-order valence-electron chi connectivity index (χ3n) is 4.04. The van der Waals surface area contributed by atoms with Gasteiger partial charge in [0.2, 0.25) is 0 Å². The van der Waals surface area contributed by atoms with E-state index in [-0.39, 0.29) is 0 Å². The van der Waals surface area contributed by atoms with Crippen LogP contribution in [0.3, 0.4) is 0 Å². The van der Waals surface area contributed by atoms with E-state index in [9.17, 15) is 0 Å². The maximum absolute atomic E-state index is 3.44. The summed E-state index contributed by atoms with van der Waals surface area (Å²) in [6.45, 7) is 2.38.